The van der Waals surface area contributed by atoms with Gasteiger partial charge in [0.25, 0.3) is 0 Å². The molecular formula is C28H37F2N5O3. The fraction of sp³-hybridized carbons (Fsp3) is 0.571. The van der Waals surface area contributed by atoms with Crippen molar-refractivity contribution in [2.75, 3.05) is 58.2 Å². The minimum Gasteiger partial charge on any atom is -0.493 e. The van der Waals surface area contributed by atoms with Crippen molar-refractivity contribution >= 4 is 17.4 Å². The van der Waals surface area contributed by atoms with Crippen molar-refractivity contribution in [1.29, 1.82) is 0 Å². The van der Waals surface area contributed by atoms with Crippen LogP contribution in [0.15, 0.2) is 12.3 Å². The van der Waals surface area contributed by atoms with E-state index in [-0.39, 0.29) is 23.6 Å². The number of ether oxygens (including phenoxy) is 2. The van der Waals surface area contributed by atoms with Crippen LogP contribution in [-0.2, 0) is 23.2 Å². The molecule has 0 bridgehead atoms. The Morgan fingerprint density at radius 3 is 2.39 bits per heavy atom. The molecule has 3 aliphatic heterocycles. The zero-order chi connectivity index (χ0) is 27.6. The van der Waals surface area contributed by atoms with Gasteiger partial charge in [0.15, 0.2) is 23.1 Å². The SMILES string of the molecule is COc1cc(OC)c(F)c(N2Cc3cnc4c(c3C(C)(C)C2=O)C[C@](C)(CN2CC[C@@H](N(C)C)C2)N4)c1F. The summed E-state index contributed by atoms with van der Waals surface area (Å²) in [5.74, 6) is -1.88. The Hall–Kier alpha value is -2.98. The van der Waals surface area contributed by atoms with Crippen LogP contribution < -0.4 is 19.7 Å². The molecule has 8 nitrogen and oxygen atoms in total. The van der Waals surface area contributed by atoms with Gasteiger partial charge < -0.3 is 24.6 Å². The standard InChI is InChI=1S/C28H37F2N5O3/c1-27(2)21-16(13-35(26(27)36)24-22(29)19(37-6)10-20(38-7)23(24)30)12-31-25-18(21)11-28(3,32-25)15-34-9-8-17(14-34)33(4)5/h10,12,17H,8-9,11,13-15H2,1-7H3,(H,31,32)/t17-,28-/m1/s1. The lowest BCUT2D eigenvalue weighted by molar-refractivity contribution is -0.123. The zero-order valence-electron chi connectivity index (χ0n) is 23.2. The van der Waals surface area contributed by atoms with Crippen molar-refractivity contribution in [2.45, 2.75) is 57.2 Å². The third kappa shape index (κ3) is 4.18. The molecule has 1 aromatic carbocycles. The molecular weight excluding hydrogens is 492 g/mol. The molecule has 2 atom stereocenters. The number of nitrogens with one attached hydrogen (secondary N) is 1. The highest BCUT2D eigenvalue weighted by Crippen LogP contribution is 2.47. The van der Waals surface area contributed by atoms with E-state index in [2.05, 4.69) is 36.1 Å². The number of aromatic nitrogens is 1. The molecule has 0 spiro atoms. The number of likely N-dealkylation sites (N-methyl/N-ethyl adjacent to an activating group) is 1. The maximum Gasteiger partial charge on any atom is 0.237 e. The predicted molar refractivity (Wildman–Crippen MR) is 142 cm³/mol. The number of rotatable bonds is 6. The van der Waals surface area contributed by atoms with Gasteiger partial charge in [0, 0.05) is 43.4 Å². The van der Waals surface area contributed by atoms with Crippen molar-refractivity contribution in [3.05, 3.63) is 40.6 Å². The van der Waals surface area contributed by atoms with Crippen molar-refractivity contribution in [3.63, 3.8) is 0 Å². The van der Waals surface area contributed by atoms with Crippen molar-refractivity contribution in [1.82, 2.24) is 14.8 Å². The summed E-state index contributed by atoms with van der Waals surface area (Å²) in [5, 5.41) is 3.63. The molecule has 5 rings (SSSR count). The molecule has 1 N–H and O–H groups in total. The number of pyridine rings is 1. The Balaban J connectivity index is 1.49. The smallest absolute Gasteiger partial charge is 0.237 e. The molecule has 38 heavy (non-hydrogen) atoms. The summed E-state index contributed by atoms with van der Waals surface area (Å²) in [4.78, 5) is 24.5. The Morgan fingerprint density at radius 2 is 1.82 bits per heavy atom. The number of hydrogen-bond donors (Lipinski definition) is 1. The first-order valence-electron chi connectivity index (χ1n) is 13.0. The zero-order valence-corrected chi connectivity index (χ0v) is 23.2. The van der Waals surface area contributed by atoms with E-state index in [1.807, 2.05) is 13.8 Å². The fourth-order valence-electron chi connectivity index (χ4n) is 6.44. The first-order valence-corrected chi connectivity index (χ1v) is 13.0. The molecule has 0 radical (unpaired) electrons. The number of methoxy groups -OCH3 is 2. The minimum absolute atomic E-state index is 0.00457. The Labute approximate surface area is 222 Å². The van der Waals surface area contributed by atoms with Crippen LogP contribution in [0.25, 0.3) is 0 Å². The van der Waals surface area contributed by atoms with E-state index < -0.39 is 28.6 Å². The van der Waals surface area contributed by atoms with Crippen LogP contribution in [0.5, 0.6) is 11.5 Å². The van der Waals surface area contributed by atoms with Gasteiger partial charge in [0.05, 0.1) is 31.7 Å². The molecule has 3 aliphatic rings. The fourth-order valence-corrected chi connectivity index (χ4v) is 6.44. The van der Waals surface area contributed by atoms with Crippen LogP contribution in [0.1, 0.15) is 43.9 Å². The summed E-state index contributed by atoms with van der Waals surface area (Å²) < 4.78 is 41.0. The lowest BCUT2D eigenvalue weighted by Crippen LogP contribution is -2.49. The second-order valence-corrected chi connectivity index (χ2v) is 11.8. The van der Waals surface area contributed by atoms with Crippen molar-refractivity contribution in [3.8, 4) is 11.5 Å². The molecule has 4 heterocycles. The third-order valence-corrected chi connectivity index (χ3v) is 8.35. The number of carbonyl (C=O) groups excluding carboxylic acids is 1. The van der Waals surface area contributed by atoms with Gasteiger partial charge in [-0.05, 0) is 59.0 Å². The highest BCUT2D eigenvalue weighted by molar-refractivity contribution is 6.03. The number of likely N-dealkylation sites (tertiary alicyclic amines) is 1. The molecule has 0 unspecified atom stereocenters. The number of fused-ring (bicyclic) bond motifs is 3. The monoisotopic (exact) mass is 529 g/mol. The van der Waals surface area contributed by atoms with Gasteiger partial charge in [-0.1, -0.05) is 0 Å². The number of benzene rings is 1. The van der Waals surface area contributed by atoms with E-state index in [0.29, 0.717) is 12.5 Å². The molecule has 1 aromatic heterocycles. The number of hydrogen-bond acceptors (Lipinski definition) is 7. The summed E-state index contributed by atoms with van der Waals surface area (Å²) in [6, 6.07) is 1.69. The van der Waals surface area contributed by atoms with Gasteiger partial charge in [-0.15, -0.1) is 0 Å². The Morgan fingerprint density at radius 1 is 1.16 bits per heavy atom. The Kier molecular flexibility index (Phi) is 6.54. The molecule has 0 aliphatic carbocycles. The molecule has 2 aromatic rings. The van der Waals surface area contributed by atoms with E-state index in [1.54, 1.807) is 6.20 Å². The minimum atomic E-state index is -1.04. The normalized spacial score (nSPS) is 24.4. The lowest BCUT2D eigenvalue weighted by Gasteiger charge is -2.40. The predicted octanol–water partition coefficient (Wildman–Crippen LogP) is 3.56. The van der Waals surface area contributed by atoms with Gasteiger partial charge in [-0.3, -0.25) is 9.69 Å². The largest absolute Gasteiger partial charge is 0.493 e. The molecule has 1 saturated heterocycles. The summed E-state index contributed by atoms with van der Waals surface area (Å²) in [5.41, 5.74) is 0.928. The van der Waals surface area contributed by atoms with Gasteiger partial charge in [-0.2, -0.15) is 0 Å². The number of anilines is 2. The Bertz CT molecular complexity index is 1260. The lowest BCUT2D eigenvalue weighted by atomic mass is 9.74. The number of halogens is 2. The first kappa shape index (κ1) is 26.6. The van der Waals surface area contributed by atoms with Gasteiger partial charge >= 0.3 is 0 Å². The molecule has 1 amide bonds. The van der Waals surface area contributed by atoms with E-state index in [9.17, 15) is 4.79 Å². The summed E-state index contributed by atoms with van der Waals surface area (Å²) in [6.45, 7) is 8.74. The third-order valence-electron chi connectivity index (χ3n) is 8.35. The molecule has 0 saturated carbocycles. The van der Waals surface area contributed by atoms with Crippen molar-refractivity contribution in [2.24, 2.45) is 0 Å². The maximum atomic E-state index is 15.4. The topological polar surface area (TPSA) is 70.2 Å². The van der Waals surface area contributed by atoms with E-state index in [1.165, 1.54) is 14.2 Å². The quantitative estimate of drug-likeness (QED) is 0.614. The second-order valence-electron chi connectivity index (χ2n) is 11.8. The highest BCUT2D eigenvalue weighted by atomic mass is 19.1. The van der Waals surface area contributed by atoms with Crippen LogP contribution in [-0.4, -0.2) is 80.2 Å². The summed E-state index contributed by atoms with van der Waals surface area (Å²) in [6.07, 6.45) is 3.58. The van der Waals surface area contributed by atoms with Crippen LogP contribution in [0.3, 0.4) is 0 Å². The highest BCUT2D eigenvalue weighted by Gasteiger charge is 2.48. The molecule has 1 fully saturated rings. The van der Waals surface area contributed by atoms with Crippen LogP contribution in [0.2, 0.25) is 0 Å². The van der Waals surface area contributed by atoms with Crippen molar-refractivity contribution < 1.29 is 23.0 Å². The average Bonchev–Trinajstić information content (AvgIpc) is 3.45. The number of carbonyl (C=O) groups is 1. The number of nitrogens with zero attached hydrogens (tertiary/aromatic N) is 4. The van der Waals surface area contributed by atoms with Gasteiger partial charge in [0.2, 0.25) is 5.91 Å². The maximum absolute atomic E-state index is 15.4. The first-order chi connectivity index (χ1) is 17.9. The average molecular weight is 530 g/mol. The van der Waals surface area contributed by atoms with E-state index >= 15 is 8.78 Å². The molecule has 206 valence electrons. The van der Waals surface area contributed by atoms with Crippen LogP contribution in [0.4, 0.5) is 20.3 Å². The van der Waals surface area contributed by atoms with E-state index in [0.717, 1.165) is 59.5 Å². The van der Waals surface area contributed by atoms with Crippen LogP contribution >= 0.6 is 0 Å². The molecule has 10 heteroatoms. The van der Waals surface area contributed by atoms with Gasteiger partial charge in [0.1, 0.15) is 11.5 Å². The second kappa shape index (κ2) is 9.34. The summed E-state index contributed by atoms with van der Waals surface area (Å²) in [7, 11) is 6.82. The summed E-state index contributed by atoms with van der Waals surface area (Å²) >= 11 is 0. The van der Waals surface area contributed by atoms with Gasteiger partial charge in [-0.25, -0.2) is 13.8 Å². The van der Waals surface area contributed by atoms with Crippen LogP contribution in [0, 0.1) is 11.6 Å². The van der Waals surface area contributed by atoms with E-state index in [4.69, 9.17) is 14.5 Å². The number of amides is 1.